The largest absolute Gasteiger partial charge is 0.460 e. The molecule has 0 unspecified atom stereocenters. The first kappa shape index (κ1) is 10.0. The molecule has 0 saturated carbocycles. The second-order valence-electron chi connectivity index (χ2n) is 3.72. The molecule has 1 nitrogen and oxygen atoms in total. The Bertz CT molecular complexity index is 443. The summed E-state index contributed by atoms with van der Waals surface area (Å²) in [6.45, 7) is 4.43. The smallest absolute Gasteiger partial charge is 0.134 e. The van der Waals surface area contributed by atoms with Gasteiger partial charge in [0.1, 0.15) is 11.3 Å². The fraction of sp³-hybridized carbons (Fsp3) is 0.333. The molecule has 0 amide bonds. The topological polar surface area (TPSA) is 13.1 Å². The molecule has 2 aromatic rings. The number of hydrogen-bond acceptors (Lipinski definition) is 1. The van der Waals surface area contributed by atoms with Crippen LogP contribution in [0.4, 0.5) is 0 Å². The highest BCUT2D eigenvalue weighted by molar-refractivity contribution is 14.1. The van der Waals surface area contributed by atoms with Gasteiger partial charge in [-0.2, -0.15) is 0 Å². The minimum absolute atomic E-state index is 0.531. The lowest BCUT2D eigenvalue weighted by Crippen LogP contribution is -1.89. The minimum Gasteiger partial charge on any atom is -0.460 e. The summed E-state index contributed by atoms with van der Waals surface area (Å²) in [5.41, 5.74) is 2.39. The highest BCUT2D eigenvalue weighted by atomic mass is 127. The monoisotopic (exact) mass is 300 g/mol. The van der Waals surface area contributed by atoms with Crippen molar-refractivity contribution >= 4 is 33.6 Å². The summed E-state index contributed by atoms with van der Waals surface area (Å²) in [5, 5.41) is 1.27. The van der Waals surface area contributed by atoms with Gasteiger partial charge in [0.05, 0.1) is 4.43 Å². The van der Waals surface area contributed by atoms with Crippen molar-refractivity contribution in [2.45, 2.75) is 24.2 Å². The third kappa shape index (κ3) is 1.56. The first-order valence-corrected chi connectivity index (χ1v) is 6.33. The average molecular weight is 300 g/mol. The maximum Gasteiger partial charge on any atom is 0.134 e. The van der Waals surface area contributed by atoms with Crippen molar-refractivity contribution in [2.75, 3.05) is 0 Å². The molecule has 1 aromatic heterocycles. The maximum absolute atomic E-state index is 5.80. The van der Waals surface area contributed by atoms with Crippen molar-refractivity contribution in [3.63, 3.8) is 0 Å². The predicted octanol–water partition coefficient (Wildman–Crippen LogP) is 4.49. The molecule has 0 radical (unpaired) electrons. The number of rotatable bonds is 2. The molecule has 0 aliphatic rings. The Morgan fingerprint density at radius 3 is 2.64 bits per heavy atom. The van der Waals surface area contributed by atoms with E-state index in [2.05, 4.69) is 48.6 Å². The van der Waals surface area contributed by atoms with Gasteiger partial charge in [-0.1, -0.05) is 54.6 Å². The number of fused-ring (bicyclic) bond motifs is 1. The van der Waals surface area contributed by atoms with E-state index in [4.69, 9.17) is 4.42 Å². The highest BCUT2D eigenvalue weighted by Gasteiger charge is 2.14. The molecule has 0 aliphatic carbocycles. The van der Waals surface area contributed by atoms with Crippen LogP contribution in [-0.2, 0) is 4.43 Å². The molecule has 0 spiro atoms. The first-order valence-electron chi connectivity index (χ1n) is 4.80. The summed E-state index contributed by atoms with van der Waals surface area (Å²) in [7, 11) is 0. The van der Waals surface area contributed by atoms with E-state index in [-0.39, 0.29) is 0 Å². The predicted molar refractivity (Wildman–Crippen MR) is 68.0 cm³/mol. The average Bonchev–Trinajstić information content (AvgIpc) is 2.55. The van der Waals surface area contributed by atoms with Crippen molar-refractivity contribution in [1.29, 1.82) is 0 Å². The van der Waals surface area contributed by atoms with Gasteiger partial charge in [-0.25, -0.2) is 0 Å². The Kier molecular flexibility index (Phi) is 2.81. The Morgan fingerprint density at radius 1 is 1.29 bits per heavy atom. The van der Waals surface area contributed by atoms with E-state index >= 15 is 0 Å². The molecule has 1 heterocycles. The van der Waals surface area contributed by atoms with Gasteiger partial charge in [-0.05, 0) is 12.0 Å². The number of halogens is 1. The van der Waals surface area contributed by atoms with Crippen LogP contribution in [0, 0.1) is 0 Å². The van der Waals surface area contributed by atoms with E-state index in [0.29, 0.717) is 5.92 Å². The molecule has 0 bridgehead atoms. The van der Waals surface area contributed by atoms with Crippen LogP contribution < -0.4 is 0 Å². The van der Waals surface area contributed by atoms with E-state index < -0.39 is 0 Å². The number of alkyl halides is 1. The lowest BCUT2D eigenvalue weighted by atomic mass is 10.00. The summed E-state index contributed by atoms with van der Waals surface area (Å²) in [6, 6.07) is 8.27. The zero-order chi connectivity index (χ0) is 10.1. The Labute approximate surface area is 97.6 Å². The summed E-state index contributed by atoms with van der Waals surface area (Å²) in [4.78, 5) is 0. The molecule has 0 fully saturated rings. The van der Waals surface area contributed by atoms with Gasteiger partial charge in [0.25, 0.3) is 0 Å². The molecule has 0 aliphatic heterocycles. The third-order valence-electron chi connectivity index (χ3n) is 2.41. The molecule has 2 rings (SSSR count). The molecular weight excluding hydrogens is 287 g/mol. The second kappa shape index (κ2) is 3.93. The van der Waals surface area contributed by atoms with Crippen molar-refractivity contribution in [2.24, 2.45) is 0 Å². The van der Waals surface area contributed by atoms with Crippen LogP contribution in [0.25, 0.3) is 11.0 Å². The van der Waals surface area contributed by atoms with Gasteiger partial charge >= 0.3 is 0 Å². The molecule has 1 aromatic carbocycles. The van der Waals surface area contributed by atoms with E-state index in [9.17, 15) is 0 Å². The van der Waals surface area contributed by atoms with Crippen LogP contribution in [-0.4, -0.2) is 0 Å². The fourth-order valence-corrected chi connectivity index (χ4v) is 2.41. The summed E-state index contributed by atoms with van der Waals surface area (Å²) < 4.78 is 6.75. The van der Waals surface area contributed by atoms with Crippen LogP contribution in [0.15, 0.2) is 28.7 Å². The normalized spacial score (nSPS) is 11.4. The highest BCUT2D eigenvalue weighted by Crippen LogP contribution is 2.32. The van der Waals surface area contributed by atoms with E-state index in [1.165, 1.54) is 10.9 Å². The fourth-order valence-electron chi connectivity index (χ4n) is 1.85. The molecule has 14 heavy (non-hydrogen) atoms. The van der Waals surface area contributed by atoms with Gasteiger partial charge in [0.15, 0.2) is 0 Å². The summed E-state index contributed by atoms with van der Waals surface area (Å²) in [5.74, 6) is 1.66. The van der Waals surface area contributed by atoms with E-state index in [1.54, 1.807) is 0 Å². The van der Waals surface area contributed by atoms with Crippen molar-refractivity contribution in [1.82, 2.24) is 0 Å². The van der Waals surface area contributed by atoms with Crippen LogP contribution >= 0.6 is 22.6 Å². The van der Waals surface area contributed by atoms with Gasteiger partial charge < -0.3 is 4.42 Å². The molecule has 0 N–H and O–H groups in total. The summed E-state index contributed by atoms with van der Waals surface area (Å²) >= 11 is 2.35. The molecule has 0 atom stereocenters. The quantitative estimate of drug-likeness (QED) is 0.588. The minimum atomic E-state index is 0.531. The zero-order valence-corrected chi connectivity index (χ0v) is 10.5. The van der Waals surface area contributed by atoms with E-state index in [0.717, 1.165) is 15.8 Å². The van der Waals surface area contributed by atoms with Crippen molar-refractivity contribution in [3.8, 4) is 0 Å². The SMILES string of the molecule is CC(C)c1c(CI)oc2ccccc12. The van der Waals surface area contributed by atoms with Crippen molar-refractivity contribution in [3.05, 3.63) is 35.6 Å². The standard InChI is InChI=1S/C12H13IO/c1-8(2)12-9-5-3-4-6-10(9)14-11(12)7-13/h3-6,8H,7H2,1-2H3. The lowest BCUT2D eigenvalue weighted by molar-refractivity contribution is 0.566. The molecule has 0 saturated heterocycles. The van der Waals surface area contributed by atoms with Crippen LogP contribution in [0.2, 0.25) is 0 Å². The molecule has 2 heteroatoms. The third-order valence-corrected chi connectivity index (χ3v) is 3.10. The first-order chi connectivity index (χ1) is 6.74. The van der Waals surface area contributed by atoms with Crippen LogP contribution in [0.5, 0.6) is 0 Å². The van der Waals surface area contributed by atoms with Gasteiger partial charge in [-0.3, -0.25) is 0 Å². The molecule has 74 valence electrons. The second-order valence-corrected chi connectivity index (χ2v) is 4.49. The Morgan fingerprint density at radius 2 is 2.00 bits per heavy atom. The number of benzene rings is 1. The van der Waals surface area contributed by atoms with Gasteiger partial charge in [0, 0.05) is 10.9 Å². The van der Waals surface area contributed by atoms with Crippen molar-refractivity contribution < 1.29 is 4.42 Å². The maximum atomic E-state index is 5.80. The van der Waals surface area contributed by atoms with Crippen LogP contribution in [0.1, 0.15) is 31.1 Å². The Hall–Kier alpha value is -0.510. The van der Waals surface area contributed by atoms with Crippen LogP contribution in [0.3, 0.4) is 0 Å². The number of furan rings is 1. The van der Waals surface area contributed by atoms with Gasteiger partial charge in [0.2, 0.25) is 0 Å². The van der Waals surface area contributed by atoms with E-state index in [1.807, 2.05) is 12.1 Å². The molecular formula is C12H13IO. The lowest BCUT2D eigenvalue weighted by Gasteiger charge is -2.03. The van der Waals surface area contributed by atoms with Gasteiger partial charge in [-0.15, -0.1) is 0 Å². The Balaban J connectivity index is 2.74. The number of hydrogen-bond donors (Lipinski definition) is 0. The summed E-state index contributed by atoms with van der Waals surface area (Å²) in [6.07, 6.45) is 0. The zero-order valence-electron chi connectivity index (χ0n) is 8.38. The number of para-hydroxylation sites is 1.